The van der Waals surface area contributed by atoms with Crippen molar-refractivity contribution in [2.45, 2.75) is 333 Å². The summed E-state index contributed by atoms with van der Waals surface area (Å²) >= 11 is 0. The van der Waals surface area contributed by atoms with Gasteiger partial charge in [-0.05, 0) is 64.2 Å². The van der Waals surface area contributed by atoms with Gasteiger partial charge in [0.1, 0.15) is 24.4 Å². The van der Waals surface area contributed by atoms with Gasteiger partial charge in [-0.2, -0.15) is 0 Å². The van der Waals surface area contributed by atoms with E-state index < -0.39 is 49.5 Å². The van der Waals surface area contributed by atoms with E-state index in [-0.39, 0.29) is 18.5 Å². The van der Waals surface area contributed by atoms with Crippen molar-refractivity contribution in [1.82, 2.24) is 5.32 Å². The average molecular weight is 1050 g/mol. The van der Waals surface area contributed by atoms with Crippen LogP contribution in [0.15, 0.2) is 36.5 Å². The lowest BCUT2D eigenvalue weighted by atomic mass is 9.99. The quantitative estimate of drug-likeness (QED) is 0.0195. The molecule has 11 nitrogen and oxygen atoms in total. The number of esters is 1. The highest BCUT2D eigenvalue weighted by molar-refractivity contribution is 5.76. The van der Waals surface area contributed by atoms with Crippen LogP contribution in [-0.4, -0.2) is 100 Å². The number of unbranched alkanes of at least 4 members (excludes halogenated alkanes) is 36. The van der Waals surface area contributed by atoms with E-state index in [1.54, 1.807) is 6.08 Å². The molecular weight excluding hydrogens is 931 g/mol. The first-order valence-electron chi connectivity index (χ1n) is 31.3. The minimum Gasteiger partial charge on any atom is -0.466 e. The second kappa shape index (κ2) is 52.9. The third-order valence-electron chi connectivity index (χ3n) is 14.7. The lowest BCUT2D eigenvalue weighted by Gasteiger charge is -2.40. The van der Waals surface area contributed by atoms with Crippen LogP contribution in [0.2, 0.25) is 0 Å². The lowest BCUT2D eigenvalue weighted by molar-refractivity contribution is -0.302. The third-order valence-corrected chi connectivity index (χ3v) is 14.7. The molecule has 0 aromatic rings. The third kappa shape index (κ3) is 42.0. The zero-order valence-corrected chi connectivity index (χ0v) is 47.8. The normalized spacial score (nSPS) is 19.0. The number of allylic oxidation sites excluding steroid dienone is 5. The summed E-state index contributed by atoms with van der Waals surface area (Å²) in [6.45, 7) is 4.33. The minimum absolute atomic E-state index is 0.00514. The van der Waals surface area contributed by atoms with Crippen LogP contribution in [0.5, 0.6) is 0 Å². The predicted molar refractivity (Wildman–Crippen MR) is 306 cm³/mol. The molecule has 434 valence electrons. The molecule has 1 amide bonds. The van der Waals surface area contributed by atoms with E-state index in [4.69, 9.17) is 14.2 Å². The van der Waals surface area contributed by atoms with Crippen molar-refractivity contribution in [2.24, 2.45) is 0 Å². The molecule has 1 aliphatic heterocycles. The van der Waals surface area contributed by atoms with Crippen LogP contribution < -0.4 is 5.32 Å². The first-order chi connectivity index (χ1) is 36.2. The Labute approximate surface area is 453 Å². The summed E-state index contributed by atoms with van der Waals surface area (Å²) < 4.78 is 16.7. The summed E-state index contributed by atoms with van der Waals surface area (Å²) in [7, 11) is 0. The molecule has 1 saturated heterocycles. The van der Waals surface area contributed by atoms with Gasteiger partial charge in [-0.25, -0.2) is 0 Å². The summed E-state index contributed by atoms with van der Waals surface area (Å²) in [5.74, 6) is -0.197. The molecule has 0 saturated carbocycles. The summed E-state index contributed by atoms with van der Waals surface area (Å²) in [4.78, 5) is 25.0. The Bertz CT molecular complexity index is 1320. The molecular formula is C63H117NO10. The highest BCUT2D eigenvalue weighted by Crippen LogP contribution is 2.23. The Hall–Kier alpha value is -2.12. The molecule has 7 atom stereocenters. The van der Waals surface area contributed by atoms with Gasteiger partial charge in [0.15, 0.2) is 6.29 Å². The molecule has 0 aromatic heterocycles. The molecule has 11 heteroatoms. The van der Waals surface area contributed by atoms with Crippen LogP contribution in [0.1, 0.15) is 290 Å². The van der Waals surface area contributed by atoms with E-state index >= 15 is 0 Å². The van der Waals surface area contributed by atoms with Gasteiger partial charge in [0.05, 0.1) is 32.0 Å². The molecule has 6 N–H and O–H groups in total. The number of aliphatic hydroxyl groups is 5. The molecule has 7 unspecified atom stereocenters. The predicted octanol–water partition coefficient (Wildman–Crippen LogP) is 14.7. The zero-order valence-electron chi connectivity index (χ0n) is 47.8. The van der Waals surface area contributed by atoms with Gasteiger partial charge >= 0.3 is 5.97 Å². The number of carbonyl (C=O) groups excluding carboxylic acids is 2. The molecule has 0 radical (unpaired) electrons. The first-order valence-corrected chi connectivity index (χ1v) is 31.3. The molecule has 1 rings (SSSR count). The van der Waals surface area contributed by atoms with Gasteiger partial charge in [0.2, 0.25) is 5.91 Å². The van der Waals surface area contributed by atoms with E-state index in [1.807, 2.05) is 6.08 Å². The van der Waals surface area contributed by atoms with Crippen LogP contribution >= 0.6 is 0 Å². The van der Waals surface area contributed by atoms with Crippen molar-refractivity contribution in [1.29, 1.82) is 0 Å². The Morgan fingerprint density at radius 2 is 0.905 bits per heavy atom. The van der Waals surface area contributed by atoms with Gasteiger partial charge in [-0.3, -0.25) is 9.59 Å². The van der Waals surface area contributed by atoms with Crippen molar-refractivity contribution in [3.05, 3.63) is 36.5 Å². The second-order valence-electron chi connectivity index (χ2n) is 21.8. The molecule has 0 bridgehead atoms. The van der Waals surface area contributed by atoms with Crippen LogP contribution in [0, 0.1) is 0 Å². The fourth-order valence-electron chi connectivity index (χ4n) is 9.76. The molecule has 1 aliphatic rings. The Morgan fingerprint density at radius 3 is 1.36 bits per heavy atom. The van der Waals surface area contributed by atoms with Gasteiger partial charge in [-0.1, -0.05) is 249 Å². The Morgan fingerprint density at radius 1 is 0.500 bits per heavy atom. The van der Waals surface area contributed by atoms with Gasteiger partial charge in [-0.15, -0.1) is 0 Å². The first kappa shape index (κ1) is 69.9. The van der Waals surface area contributed by atoms with E-state index in [9.17, 15) is 35.1 Å². The van der Waals surface area contributed by atoms with Crippen LogP contribution in [0.4, 0.5) is 0 Å². The number of hydrogen-bond donors (Lipinski definition) is 6. The number of hydrogen-bond acceptors (Lipinski definition) is 10. The highest BCUT2D eigenvalue weighted by Gasteiger charge is 2.44. The van der Waals surface area contributed by atoms with Crippen molar-refractivity contribution in [3.63, 3.8) is 0 Å². The molecule has 0 spiro atoms. The maximum absolute atomic E-state index is 13.0. The minimum atomic E-state index is -1.57. The van der Waals surface area contributed by atoms with E-state index in [1.165, 1.54) is 180 Å². The Kier molecular flexibility index (Phi) is 50.0. The van der Waals surface area contributed by atoms with Gasteiger partial charge < -0.3 is 45.1 Å². The number of carbonyl (C=O) groups is 2. The number of rotatable bonds is 54. The fraction of sp³-hybridized carbons (Fsp3) is 0.873. The van der Waals surface area contributed by atoms with E-state index in [0.717, 1.165) is 83.5 Å². The van der Waals surface area contributed by atoms with E-state index in [0.29, 0.717) is 19.4 Å². The molecule has 1 fully saturated rings. The van der Waals surface area contributed by atoms with Crippen LogP contribution in [0.25, 0.3) is 0 Å². The fourth-order valence-corrected chi connectivity index (χ4v) is 9.76. The van der Waals surface area contributed by atoms with Crippen molar-refractivity contribution in [2.75, 3.05) is 19.8 Å². The van der Waals surface area contributed by atoms with Crippen molar-refractivity contribution < 1.29 is 49.3 Å². The summed E-state index contributed by atoms with van der Waals surface area (Å²) in [6, 6.07) is -0.817. The van der Waals surface area contributed by atoms with E-state index in [2.05, 4.69) is 43.5 Å². The maximum Gasteiger partial charge on any atom is 0.305 e. The highest BCUT2D eigenvalue weighted by atomic mass is 16.7. The number of nitrogens with one attached hydrogen (secondary N) is 1. The largest absolute Gasteiger partial charge is 0.466 e. The van der Waals surface area contributed by atoms with Crippen LogP contribution in [-0.2, 0) is 23.8 Å². The molecule has 0 aromatic carbocycles. The Balaban J connectivity index is 2.07. The number of amides is 1. The maximum atomic E-state index is 13.0. The summed E-state index contributed by atoms with van der Waals surface area (Å²) in [5, 5.41) is 54.4. The molecule has 1 heterocycles. The molecule has 0 aliphatic carbocycles. The standard InChI is InChI=1S/C63H117NO10/c1-3-5-7-9-11-13-15-30-33-37-41-45-49-56(66)55(54-73-63-62(71)61(70)60(69)57(53-65)74-63)64-58(67)50-46-42-38-34-31-27-25-23-21-19-17-16-18-20-22-24-26-28-32-36-40-44-48-52-72-59(68)51-47-43-39-35-29-14-12-10-8-6-4-2/h16,18-19,21,45,49,55-57,60-63,65-66,69-71H,3-15,17,20,22-44,46-48,50-54H2,1-2H3,(H,64,67)/b18-16-,21-19-,49-45+. The second-order valence-corrected chi connectivity index (χ2v) is 21.8. The van der Waals surface area contributed by atoms with Crippen molar-refractivity contribution >= 4 is 11.9 Å². The topological polar surface area (TPSA) is 175 Å². The van der Waals surface area contributed by atoms with Crippen molar-refractivity contribution in [3.8, 4) is 0 Å². The summed E-state index contributed by atoms with van der Waals surface area (Å²) in [6.07, 6.45) is 55.3. The smallest absolute Gasteiger partial charge is 0.305 e. The number of aliphatic hydroxyl groups excluding tert-OH is 5. The SMILES string of the molecule is CCCCCCCCCCCC/C=C/C(O)C(COC1OC(CO)C(O)C(O)C1O)NC(=O)CCCCCCCCC/C=C\C/C=C\CCCCCCCCCCCOC(=O)CCCCCCCCCCCCC. The van der Waals surface area contributed by atoms with Crippen LogP contribution in [0.3, 0.4) is 0 Å². The summed E-state index contributed by atoms with van der Waals surface area (Å²) in [5.41, 5.74) is 0. The average Bonchev–Trinajstić information content (AvgIpc) is 3.40. The van der Waals surface area contributed by atoms with Gasteiger partial charge in [0, 0.05) is 12.8 Å². The van der Waals surface area contributed by atoms with Gasteiger partial charge in [0.25, 0.3) is 0 Å². The molecule has 74 heavy (non-hydrogen) atoms. The lowest BCUT2D eigenvalue weighted by Crippen LogP contribution is -2.60. The monoisotopic (exact) mass is 1050 g/mol. The number of ether oxygens (including phenoxy) is 3. The zero-order chi connectivity index (χ0) is 53.8.